The Morgan fingerprint density at radius 3 is 1.19 bits per heavy atom. The van der Waals surface area contributed by atoms with Crippen LogP contribution in [0.4, 0.5) is 0 Å². The molecule has 0 aromatic rings. The number of halogens is 1. The van der Waals surface area contributed by atoms with E-state index in [1.54, 1.807) is 0 Å². The molecular weight excluding hydrogens is 350 g/mol. The molecule has 0 bridgehead atoms. The number of quaternary nitrogens is 1. The van der Waals surface area contributed by atoms with Crippen molar-refractivity contribution in [2.75, 3.05) is 26.7 Å². The molecule has 0 aromatic carbocycles. The van der Waals surface area contributed by atoms with E-state index < -0.39 is 0 Å². The van der Waals surface area contributed by atoms with Gasteiger partial charge in [0.1, 0.15) is 0 Å². The maximum atomic E-state index is 2.49. The molecule has 0 spiro atoms. The molecule has 0 N–H and O–H groups in total. The van der Waals surface area contributed by atoms with Gasteiger partial charge < -0.3 is 16.9 Å². The zero-order chi connectivity index (χ0) is 18.8. The van der Waals surface area contributed by atoms with Crippen LogP contribution in [-0.4, -0.2) is 31.2 Å². The minimum atomic E-state index is 0. The zero-order valence-electron chi connectivity index (χ0n) is 19.1. The van der Waals surface area contributed by atoms with Crippen molar-refractivity contribution >= 4 is 0 Å². The number of rotatable bonds is 18. The summed E-state index contributed by atoms with van der Waals surface area (Å²) < 4.78 is 1.37. The van der Waals surface area contributed by atoms with Crippen LogP contribution in [0, 0.1) is 0 Å². The van der Waals surface area contributed by atoms with Gasteiger partial charge in [-0.3, -0.25) is 0 Å². The molecule has 27 heavy (non-hydrogen) atoms. The average molecular weight is 402 g/mol. The molecule has 164 valence electrons. The molecule has 0 aliphatic carbocycles. The van der Waals surface area contributed by atoms with Crippen molar-refractivity contribution in [2.45, 2.75) is 135 Å². The van der Waals surface area contributed by atoms with Crippen LogP contribution < -0.4 is 12.4 Å². The van der Waals surface area contributed by atoms with Crippen LogP contribution in [0.1, 0.15) is 135 Å². The molecule has 0 unspecified atom stereocenters. The third-order valence-electron chi connectivity index (χ3n) is 6.70. The molecule has 1 rings (SSSR count). The smallest absolute Gasteiger partial charge is 0.0784 e. The van der Waals surface area contributed by atoms with Crippen molar-refractivity contribution in [3.63, 3.8) is 0 Å². The summed E-state index contributed by atoms with van der Waals surface area (Å²) in [6, 6.07) is 0. The summed E-state index contributed by atoms with van der Waals surface area (Å²) in [5.74, 6) is 0. The predicted molar refractivity (Wildman–Crippen MR) is 119 cm³/mol. The van der Waals surface area contributed by atoms with Gasteiger partial charge >= 0.3 is 0 Å². The van der Waals surface area contributed by atoms with E-state index in [0.29, 0.717) is 0 Å². The monoisotopic (exact) mass is 401 g/mol. The van der Waals surface area contributed by atoms with Gasteiger partial charge in [0.25, 0.3) is 0 Å². The van der Waals surface area contributed by atoms with Gasteiger partial charge in [0.15, 0.2) is 0 Å². The minimum Gasteiger partial charge on any atom is -1.00 e. The Morgan fingerprint density at radius 2 is 0.815 bits per heavy atom. The molecule has 1 aliphatic rings. The van der Waals surface area contributed by atoms with Crippen molar-refractivity contribution in [1.82, 2.24) is 0 Å². The van der Waals surface area contributed by atoms with E-state index in [4.69, 9.17) is 0 Å². The summed E-state index contributed by atoms with van der Waals surface area (Å²) in [7, 11) is 2.49. The van der Waals surface area contributed by atoms with E-state index in [2.05, 4.69) is 14.0 Å². The maximum absolute atomic E-state index is 2.49. The number of nitrogens with zero attached hydrogens (tertiary/aromatic N) is 1. The van der Waals surface area contributed by atoms with Crippen LogP contribution in [0.3, 0.4) is 0 Å². The normalized spacial score (nSPS) is 16.2. The first-order valence-corrected chi connectivity index (χ1v) is 12.6. The van der Waals surface area contributed by atoms with Crippen LogP contribution in [0.5, 0.6) is 0 Å². The molecule has 1 saturated heterocycles. The van der Waals surface area contributed by atoms with Crippen molar-refractivity contribution in [2.24, 2.45) is 0 Å². The fourth-order valence-electron chi connectivity index (χ4n) is 4.72. The topological polar surface area (TPSA) is 0 Å². The molecule has 2 heteroatoms. The van der Waals surface area contributed by atoms with E-state index in [9.17, 15) is 0 Å². The van der Waals surface area contributed by atoms with Gasteiger partial charge in [-0.2, -0.15) is 0 Å². The second-order valence-corrected chi connectivity index (χ2v) is 9.51. The van der Waals surface area contributed by atoms with Crippen molar-refractivity contribution in [3.05, 3.63) is 0 Å². The van der Waals surface area contributed by atoms with Gasteiger partial charge in [0, 0.05) is 0 Å². The Labute approximate surface area is 179 Å². The second-order valence-electron chi connectivity index (χ2n) is 9.51. The van der Waals surface area contributed by atoms with E-state index in [1.807, 2.05) is 0 Å². The average Bonchev–Trinajstić information content (AvgIpc) is 2.65. The lowest BCUT2D eigenvalue weighted by Gasteiger charge is -2.37. The molecule has 1 fully saturated rings. The van der Waals surface area contributed by atoms with Crippen molar-refractivity contribution in [1.29, 1.82) is 0 Å². The van der Waals surface area contributed by atoms with Gasteiger partial charge in [0.2, 0.25) is 0 Å². The highest BCUT2D eigenvalue weighted by molar-refractivity contribution is 4.53. The van der Waals surface area contributed by atoms with E-state index in [0.717, 1.165) is 0 Å². The Hall–Kier alpha value is 0.250. The van der Waals surface area contributed by atoms with E-state index >= 15 is 0 Å². The maximum Gasteiger partial charge on any atom is 0.0784 e. The van der Waals surface area contributed by atoms with Gasteiger partial charge in [-0.05, 0) is 32.1 Å². The molecular formula is C25H52ClN. The van der Waals surface area contributed by atoms with Gasteiger partial charge in [-0.15, -0.1) is 0 Å². The summed E-state index contributed by atoms with van der Waals surface area (Å²) >= 11 is 0. The van der Waals surface area contributed by atoms with Crippen LogP contribution in [0.25, 0.3) is 0 Å². The summed E-state index contributed by atoms with van der Waals surface area (Å²) in [6.07, 6.45) is 29.5. The van der Waals surface area contributed by atoms with Gasteiger partial charge in [0.05, 0.1) is 26.7 Å². The highest BCUT2D eigenvalue weighted by atomic mass is 35.5. The molecule has 0 atom stereocenters. The van der Waals surface area contributed by atoms with E-state index in [1.165, 1.54) is 153 Å². The number of hydrogen-bond acceptors (Lipinski definition) is 0. The predicted octanol–water partition coefficient (Wildman–Crippen LogP) is 5.27. The molecule has 0 radical (unpaired) electrons. The molecule has 1 aliphatic heterocycles. The highest BCUT2D eigenvalue weighted by Crippen LogP contribution is 2.18. The first-order valence-electron chi connectivity index (χ1n) is 12.6. The Kier molecular flexibility index (Phi) is 19.7. The number of piperidine rings is 1. The lowest BCUT2D eigenvalue weighted by molar-refractivity contribution is -0.914. The zero-order valence-corrected chi connectivity index (χ0v) is 19.8. The molecule has 1 heterocycles. The van der Waals surface area contributed by atoms with Crippen molar-refractivity contribution < 1.29 is 16.9 Å². The van der Waals surface area contributed by atoms with E-state index in [-0.39, 0.29) is 12.4 Å². The first-order chi connectivity index (χ1) is 12.8. The SMILES string of the molecule is CCCCCCCCCCCCCCCCCCC[N+]1(C)CCCCC1.[Cl-]. The third kappa shape index (κ3) is 16.9. The molecule has 0 saturated carbocycles. The Balaban J connectivity index is 0.00000676. The lowest BCUT2D eigenvalue weighted by atomic mass is 10.0. The number of likely N-dealkylation sites (tertiary alicyclic amines) is 1. The number of hydrogen-bond donors (Lipinski definition) is 0. The molecule has 0 aromatic heterocycles. The molecule has 1 nitrogen and oxygen atoms in total. The van der Waals surface area contributed by atoms with Crippen LogP contribution >= 0.6 is 0 Å². The molecule has 0 amide bonds. The third-order valence-corrected chi connectivity index (χ3v) is 6.70. The fourth-order valence-corrected chi connectivity index (χ4v) is 4.72. The van der Waals surface area contributed by atoms with Crippen molar-refractivity contribution in [3.8, 4) is 0 Å². The van der Waals surface area contributed by atoms with Crippen LogP contribution in [0.15, 0.2) is 0 Å². The summed E-state index contributed by atoms with van der Waals surface area (Å²) in [6.45, 7) is 6.63. The highest BCUT2D eigenvalue weighted by Gasteiger charge is 2.23. The Morgan fingerprint density at radius 1 is 0.481 bits per heavy atom. The second kappa shape index (κ2) is 19.6. The quantitative estimate of drug-likeness (QED) is 0.216. The van der Waals surface area contributed by atoms with Crippen LogP contribution in [-0.2, 0) is 0 Å². The fraction of sp³-hybridized carbons (Fsp3) is 1.00. The summed E-state index contributed by atoms with van der Waals surface area (Å²) in [5, 5.41) is 0. The van der Waals surface area contributed by atoms with Crippen LogP contribution in [0.2, 0.25) is 0 Å². The Bertz CT molecular complexity index is 286. The summed E-state index contributed by atoms with van der Waals surface area (Å²) in [5.41, 5.74) is 0. The van der Waals surface area contributed by atoms with Gasteiger partial charge in [-0.25, -0.2) is 0 Å². The largest absolute Gasteiger partial charge is 1.00 e. The lowest BCUT2D eigenvalue weighted by Crippen LogP contribution is -3.00. The minimum absolute atomic E-state index is 0. The first kappa shape index (κ1) is 27.2. The van der Waals surface area contributed by atoms with Gasteiger partial charge in [-0.1, -0.05) is 103 Å². The number of unbranched alkanes of at least 4 members (excludes halogenated alkanes) is 16. The standard InChI is InChI=1S/C25H52N.ClH/c1-3-4-5-6-7-8-9-10-11-12-13-14-15-16-17-18-20-23-26(2)24-21-19-22-25-26;/h3-25H2,1-2H3;1H/q+1;/p-1. The summed E-state index contributed by atoms with van der Waals surface area (Å²) in [4.78, 5) is 0.